The maximum atomic E-state index is 12.6. The number of amides is 2. The largest absolute Gasteiger partial charge is 0.481 e. The van der Waals surface area contributed by atoms with Crippen molar-refractivity contribution in [2.45, 2.75) is 19.0 Å². The molecule has 6 nitrogen and oxygen atoms in total. The van der Waals surface area contributed by atoms with Crippen molar-refractivity contribution >= 4 is 29.2 Å². The molecule has 2 rings (SSSR count). The summed E-state index contributed by atoms with van der Waals surface area (Å²) in [5.41, 5.74) is -0.389. The van der Waals surface area contributed by atoms with E-state index in [-0.39, 0.29) is 29.8 Å². The number of aliphatic carboxylic acids is 1. The minimum atomic E-state index is -4.50. The normalized spacial score (nSPS) is 10.9. The third-order valence-electron chi connectivity index (χ3n) is 3.49. The third-order valence-corrected chi connectivity index (χ3v) is 3.49. The fourth-order valence-corrected chi connectivity index (χ4v) is 2.14. The van der Waals surface area contributed by atoms with E-state index in [1.807, 2.05) is 0 Å². The van der Waals surface area contributed by atoms with Crippen LogP contribution in [0.3, 0.4) is 0 Å². The summed E-state index contributed by atoms with van der Waals surface area (Å²) in [4.78, 5) is 34.5. The summed E-state index contributed by atoms with van der Waals surface area (Å²) < 4.78 is 37.7. The van der Waals surface area contributed by atoms with Gasteiger partial charge < -0.3 is 15.7 Å². The average molecular weight is 380 g/mol. The van der Waals surface area contributed by atoms with E-state index in [1.165, 1.54) is 12.1 Å². The first-order chi connectivity index (χ1) is 12.7. The van der Waals surface area contributed by atoms with Crippen LogP contribution in [0.1, 0.15) is 28.8 Å². The lowest BCUT2D eigenvalue weighted by Gasteiger charge is -2.12. The van der Waals surface area contributed by atoms with Crippen molar-refractivity contribution in [1.82, 2.24) is 0 Å². The Labute approximate surface area is 152 Å². The van der Waals surface area contributed by atoms with Crippen LogP contribution in [0.25, 0.3) is 0 Å². The molecule has 0 aromatic heterocycles. The van der Waals surface area contributed by atoms with Crippen LogP contribution in [0.2, 0.25) is 0 Å². The number of carbonyl (C=O) groups is 3. The first kappa shape index (κ1) is 20.0. The monoisotopic (exact) mass is 380 g/mol. The van der Waals surface area contributed by atoms with E-state index in [0.717, 1.165) is 24.3 Å². The number of benzene rings is 2. The van der Waals surface area contributed by atoms with Crippen molar-refractivity contribution in [3.63, 3.8) is 0 Å². The Bertz CT molecular complexity index is 848. The molecule has 0 atom stereocenters. The number of carboxylic acid groups (broad SMARTS) is 1. The van der Waals surface area contributed by atoms with Gasteiger partial charge in [-0.1, -0.05) is 12.1 Å². The number of para-hydroxylation sites is 2. The van der Waals surface area contributed by atoms with E-state index in [9.17, 15) is 27.6 Å². The van der Waals surface area contributed by atoms with Gasteiger partial charge in [0.2, 0.25) is 5.91 Å². The highest BCUT2D eigenvalue weighted by molar-refractivity contribution is 6.07. The first-order valence-corrected chi connectivity index (χ1v) is 7.76. The zero-order chi connectivity index (χ0) is 20.0. The highest BCUT2D eigenvalue weighted by Gasteiger charge is 2.30. The Morgan fingerprint density at radius 1 is 0.852 bits per heavy atom. The maximum absolute atomic E-state index is 12.6. The maximum Gasteiger partial charge on any atom is 0.416 e. The van der Waals surface area contributed by atoms with E-state index in [0.29, 0.717) is 0 Å². The fraction of sp³-hybridized carbons (Fsp3) is 0.167. The predicted octanol–water partition coefficient (Wildman–Crippen LogP) is 3.76. The van der Waals surface area contributed by atoms with Crippen LogP contribution >= 0.6 is 0 Å². The lowest BCUT2D eigenvalue weighted by molar-refractivity contribution is -0.138. The minimum Gasteiger partial charge on any atom is -0.481 e. The number of rotatable bonds is 6. The summed E-state index contributed by atoms with van der Waals surface area (Å²) in [5.74, 6) is -2.32. The number of anilines is 2. The molecule has 0 bridgehead atoms. The lowest BCUT2D eigenvalue weighted by Crippen LogP contribution is -2.17. The minimum absolute atomic E-state index is 0.00927. The lowest BCUT2D eigenvalue weighted by atomic mass is 10.1. The Kier molecular flexibility index (Phi) is 6.17. The van der Waals surface area contributed by atoms with Crippen molar-refractivity contribution in [2.24, 2.45) is 0 Å². The smallest absolute Gasteiger partial charge is 0.416 e. The van der Waals surface area contributed by atoms with Gasteiger partial charge in [-0.3, -0.25) is 14.4 Å². The number of alkyl halides is 3. The Hall–Kier alpha value is -3.36. The summed E-state index contributed by atoms with van der Waals surface area (Å²) in [6.45, 7) is 0. The van der Waals surface area contributed by atoms with Gasteiger partial charge in [-0.2, -0.15) is 13.2 Å². The van der Waals surface area contributed by atoms with Gasteiger partial charge in [0, 0.05) is 12.0 Å². The Balaban J connectivity index is 2.09. The van der Waals surface area contributed by atoms with Crippen molar-refractivity contribution < 1.29 is 32.7 Å². The van der Waals surface area contributed by atoms with Crippen molar-refractivity contribution in [1.29, 1.82) is 0 Å². The number of hydrogen-bond acceptors (Lipinski definition) is 3. The molecule has 0 unspecified atom stereocenters. The van der Waals surface area contributed by atoms with Gasteiger partial charge in [0.15, 0.2) is 0 Å². The molecule has 0 spiro atoms. The molecule has 0 aliphatic rings. The number of nitrogens with one attached hydrogen (secondary N) is 2. The SMILES string of the molecule is O=C(O)CCC(=O)Nc1ccccc1NC(=O)c1ccc(C(F)(F)F)cc1. The van der Waals surface area contributed by atoms with E-state index in [1.54, 1.807) is 12.1 Å². The number of hydrogen-bond donors (Lipinski definition) is 3. The van der Waals surface area contributed by atoms with E-state index in [4.69, 9.17) is 5.11 Å². The van der Waals surface area contributed by atoms with Gasteiger partial charge >= 0.3 is 12.1 Å². The molecular weight excluding hydrogens is 365 g/mol. The van der Waals surface area contributed by atoms with Gasteiger partial charge in [-0.25, -0.2) is 0 Å². The summed E-state index contributed by atoms with van der Waals surface area (Å²) in [6, 6.07) is 9.88. The summed E-state index contributed by atoms with van der Waals surface area (Å²) in [7, 11) is 0. The van der Waals surface area contributed by atoms with Crippen LogP contribution in [0.4, 0.5) is 24.5 Å². The zero-order valence-electron chi connectivity index (χ0n) is 13.8. The molecule has 2 aromatic carbocycles. The van der Waals surface area contributed by atoms with E-state index in [2.05, 4.69) is 10.6 Å². The standard InChI is InChI=1S/C18H15F3N2O4/c19-18(20,21)12-7-5-11(6-8-12)17(27)23-14-4-2-1-3-13(14)22-15(24)9-10-16(25)26/h1-8H,9-10H2,(H,22,24)(H,23,27)(H,25,26). The van der Waals surface area contributed by atoms with Gasteiger partial charge in [0.05, 0.1) is 23.4 Å². The summed E-state index contributed by atoms with van der Waals surface area (Å²) >= 11 is 0. The Morgan fingerprint density at radius 3 is 1.93 bits per heavy atom. The summed E-state index contributed by atoms with van der Waals surface area (Å²) in [6.07, 6.45) is -5.08. The van der Waals surface area contributed by atoms with Gasteiger partial charge in [0.25, 0.3) is 5.91 Å². The van der Waals surface area contributed by atoms with Crippen molar-refractivity contribution in [3.05, 3.63) is 59.7 Å². The van der Waals surface area contributed by atoms with Gasteiger partial charge in [0.1, 0.15) is 0 Å². The number of halogens is 3. The van der Waals surface area contributed by atoms with E-state index >= 15 is 0 Å². The van der Waals surface area contributed by atoms with Crippen LogP contribution in [0.5, 0.6) is 0 Å². The third kappa shape index (κ3) is 5.84. The van der Waals surface area contributed by atoms with Crippen LogP contribution in [-0.4, -0.2) is 22.9 Å². The second-order valence-corrected chi connectivity index (χ2v) is 5.52. The number of carbonyl (C=O) groups excluding carboxylic acids is 2. The molecule has 0 aliphatic carbocycles. The molecule has 0 radical (unpaired) electrons. The molecule has 0 saturated carbocycles. The molecule has 27 heavy (non-hydrogen) atoms. The highest BCUT2D eigenvalue weighted by Crippen LogP contribution is 2.29. The van der Waals surface area contributed by atoms with Gasteiger partial charge in [-0.05, 0) is 36.4 Å². The highest BCUT2D eigenvalue weighted by atomic mass is 19.4. The van der Waals surface area contributed by atoms with Gasteiger partial charge in [-0.15, -0.1) is 0 Å². The number of carboxylic acids is 1. The quantitative estimate of drug-likeness (QED) is 0.711. The predicted molar refractivity (Wildman–Crippen MR) is 91.3 cm³/mol. The van der Waals surface area contributed by atoms with Crippen molar-refractivity contribution in [2.75, 3.05) is 10.6 Å². The van der Waals surface area contributed by atoms with Crippen molar-refractivity contribution in [3.8, 4) is 0 Å². The molecule has 0 saturated heterocycles. The average Bonchev–Trinajstić information content (AvgIpc) is 2.61. The molecule has 3 N–H and O–H groups in total. The molecule has 0 fully saturated rings. The zero-order valence-corrected chi connectivity index (χ0v) is 13.8. The second kappa shape index (κ2) is 8.35. The summed E-state index contributed by atoms with van der Waals surface area (Å²) in [5, 5.41) is 13.6. The van der Waals surface area contributed by atoms with E-state index < -0.39 is 29.5 Å². The topological polar surface area (TPSA) is 95.5 Å². The molecule has 142 valence electrons. The molecule has 2 aromatic rings. The second-order valence-electron chi connectivity index (χ2n) is 5.52. The molecule has 0 heterocycles. The Morgan fingerprint density at radius 2 is 1.41 bits per heavy atom. The first-order valence-electron chi connectivity index (χ1n) is 7.76. The molecule has 9 heteroatoms. The molecular formula is C18H15F3N2O4. The molecule has 2 amide bonds. The molecule has 0 aliphatic heterocycles. The fourth-order valence-electron chi connectivity index (χ4n) is 2.14. The van der Waals surface area contributed by atoms with Crippen LogP contribution < -0.4 is 10.6 Å². The van der Waals surface area contributed by atoms with Crippen LogP contribution in [0.15, 0.2) is 48.5 Å². The van der Waals surface area contributed by atoms with Crippen LogP contribution in [-0.2, 0) is 15.8 Å². The van der Waals surface area contributed by atoms with Crippen LogP contribution in [0, 0.1) is 0 Å².